The predicted molar refractivity (Wildman–Crippen MR) is 99.7 cm³/mol. The van der Waals surface area contributed by atoms with Crippen molar-refractivity contribution < 1.29 is 19.2 Å². The maximum Gasteiger partial charge on any atom is 0.282 e. The lowest BCUT2D eigenvalue weighted by Crippen LogP contribution is -3.12. The number of anilines is 1. The van der Waals surface area contributed by atoms with Crippen LogP contribution in [-0.2, 0) is 11.3 Å². The van der Waals surface area contributed by atoms with Crippen LogP contribution in [0.4, 0.5) is 5.69 Å². The summed E-state index contributed by atoms with van der Waals surface area (Å²) in [4.78, 5) is 13.5. The van der Waals surface area contributed by atoms with Crippen LogP contribution < -0.4 is 19.7 Å². The summed E-state index contributed by atoms with van der Waals surface area (Å²) in [5, 5.41) is 3.55. The third-order valence-electron chi connectivity index (χ3n) is 4.21. The highest BCUT2D eigenvalue weighted by atomic mass is 35.5. The Kier molecular flexibility index (Phi) is 6.67. The fourth-order valence-electron chi connectivity index (χ4n) is 2.46. The first-order valence-electron chi connectivity index (χ1n) is 8.04. The van der Waals surface area contributed by atoms with Gasteiger partial charge in [0.2, 0.25) is 0 Å². The standard InChI is InChI=1S/C19H23ClN2O3/c1-13(19(23)21-16-8-6-15(20)7-9-16)22(2)12-14-5-10-17(24-3)11-18(14)25-4/h5-11,13H,12H2,1-4H3,(H,21,23)/p+1/t13-/m0/s1. The fourth-order valence-corrected chi connectivity index (χ4v) is 2.58. The number of halogens is 1. The van der Waals surface area contributed by atoms with Crippen LogP contribution in [-0.4, -0.2) is 33.2 Å². The van der Waals surface area contributed by atoms with Crippen LogP contribution >= 0.6 is 11.6 Å². The maximum absolute atomic E-state index is 12.5. The van der Waals surface area contributed by atoms with Crippen molar-refractivity contribution in [3.8, 4) is 11.5 Å². The summed E-state index contributed by atoms with van der Waals surface area (Å²) in [6.45, 7) is 2.55. The van der Waals surface area contributed by atoms with Crippen molar-refractivity contribution in [2.45, 2.75) is 19.5 Å². The molecule has 2 aromatic carbocycles. The van der Waals surface area contributed by atoms with Gasteiger partial charge in [-0.1, -0.05) is 11.6 Å². The molecule has 0 saturated heterocycles. The second kappa shape index (κ2) is 8.74. The summed E-state index contributed by atoms with van der Waals surface area (Å²) < 4.78 is 10.6. The molecule has 0 saturated carbocycles. The highest BCUT2D eigenvalue weighted by Crippen LogP contribution is 2.23. The van der Waals surface area contributed by atoms with E-state index in [1.54, 1.807) is 38.5 Å². The van der Waals surface area contributed by atoms with Gasteiger partial charge in [0, 0.05) is 22.3 Å². The number of carbonyl (C=O) groups is 1. The molecule has 0 aliphatic rings. The maximum atomic E-state index is 12.5. The van der Waals surface area contributed by atoms with E-state index in [0.717, 1.165) is 27.6 Å². The van der Waals surface area contributed by atoms with Crippen molar-refractivity contribution in [3.05, 3.63) is 53.1 Å². The van der Waals surface area contributed by atoms with Crippen LogP contribution in [0.5, 0.6) is 11.5 Å². The normalized spacial score (nSPS) is 13.0. The van der Waals surface area contributed by atoms with Gasteiger partial charge in [-0.3, -0.25) is 4.79 Å². The largest absolute Gasteiger partial charge is 0.497 e. The molecule has 134 valence electrons. The van der Waals surface area contributed by atoms with Crippen LogP contribution in [0.15, 0.2) is 42.5 Å². The quantitative estimate of drug-likeness (QED) is 0.794. The van der Waals surface area contributed by atoms with E-state index < -0.39 is 0 Å². The zero-order valence-electron chi connectivity index (χ0n) is 14.9. The number of carbonyl (C=O) groups excluding carboxylic acids is 1. The number of methoxy groups -OCH3 is 2. The summed E-state index contributed by atoms with van der Waals surface area (Å²) in [5.41, 5.74) is 1.75. The Morgan fingerprint density at radius 1 is 1.16 bits per heavy atom. The molecule has 0 heterocycles. The number of quaternary nitrogens is 1. The van der Waals surface area contributed by atoms with Crippen LogP contribution in [0.3, 0.4) is 0 Å². The van der Waals surface area contributed by atoms with Crippen molar-refractivity contribution in [1.29, 1.82) is 0 Å². The van der Waals surface area contributed by atoms with E-state index >= 15 is 0 Å². The highest BCUT2D eigenvalue weighted by molar-refractivity contribution is 6.30. The summed E-state index contributed by atoms with van der Waals surface area (Å²) >= 11 is 5.86. The Morgan fingerprint density at radius 3 is 2.44 bits per heavy atom. The molecule has 0 spiro atoms. The smallest absolute Gasteiger partial charge is 0.282 e. The van der Waals surface area contributed by atoms with Gasteiger partial charge < -0.3 is 19.7 Å². The lowest BCUT2D eigenvalue weighted by molar-refractivity contribution is -0.907. The second-order valence-electron chi connectivity index (χ2n) is 5.92. The molecular formula is C19H24ClN2O3+. The number of amides is 1. The zero-order chi connectivity index (χ0) is 18.4. The topological polar surface area (TPSA) is 52.0 Å². The molecule has 2 rings (SSSR count). The molecular weight excluding hydrogens is 340 g/mol. The van der Waals surface area contributed by atoms with Crippen molar-refractivity contribution in [3.63, 3.8) is 0 Å². The van der Waals surface area contributed by atoms with E-state index in [1.165, 1.54) is 0 Å². The number of hydrogen-bond donors (Lipinski definition) is 2. The Labute approximate surface area is 153 Å². The minimum atomic E-state index is -0.234. The fraction of sp³-hybridized carbons (Fsp3) is 0.316. The van der Waals surface area contributed by atoms with Gasteiger partial charge in [-0.05, 0) is 43.3 Å². The van der Waals surface area contributed by atoms with Gasteiger partial charge >= 0.3 is 0 Å². The zero-order valence-corrected chi connectivity index (χ0v) is 15.7. The average molecular weight is 364 g/mol. The molecule has 1 amide bonds. The van der Waals surface area contributed by atoms with Crippen molar-refractivity contribution in [2.24, 2.45) is 0 Å². The van der Waals surface area contributed by atoms with Gasteiger partial charge in [-0.2, -0.15) is 0 Å². The molecule has 25 heavy (non-hydrogen) atoms. The molecule has 2 atom stereocenters. The molecule has 0 aliphatic carbocycles. The van der Waals surface area contributed by atoms with E-state index in [1.807, 2.05) is 32.2 Å². The van der Waals surface area contributed by atoms with Crippen molar-refractivity contribution in [1.82, 2.24) is 0 Å². The third kappa shape index (κ3) is 5.11. The number of benzene rings is 2. The average Bonchev–Trinajstić information content (AvgIpc) is 2.63. The van der Waals surface area contributed by atoms with E-state index in [4.69, 9.17) is 21.1 Å². The summed E-state index contributed by atoms with van der Waals surface area (Å²) in [5.74, 6) is 1.45. The lowest BCUT2D eigenvalue weighted by Gasteiger charge is -2.22. The Bertz CT molecular complexity index is 719. The third-order valence-corrected chi connectivity index (χ3v) is 4.46. The first-order valence-corrected chi connectivity index (χ1v) is 8.42. The van der Waals surface area contributed by atoms with E-state index in [2.05, 4.69) is 5.32 Å². The molecule has 1 unspecified atom stereocenters. The highest BCUT2D eigenvalue weighted by Gasteiger charge is 2.23. The number of nitrogens with one attached hydrogen (secondary N) is 2. The Balaban J connectivity index is 2.03. The first kappa shape index (κ1) is 19.1. The predicted octanol–water partition coefficient (Wildman–Crippen LogP) is 2.40. The lowest BCUT2D eigenvalue weighted by atomic mass is 10.1. The van der Waals surface area contributed by atoms with Crippen LogP contribution in [0.2, 0.25) is 5.02 Å². The monoisotopic (exact) mass is 363 g/mol. The SMILES string of the molecule is COc1ccc(C[NH+](C)[C@@H](C)C(=O)Nc2ccc(Cl)cc2)c(OC)c1. The molecule has 2 N–H and O–H groups in total. The Hall–Kier alpha value is -2.24. The van der Waals surface area contributed by atoms with Gasteiger partial charge in [0.25, 0.3) is 5.91 Å². The molecule has 6 heteroatoms. The van der Waals surface area contributed by atoms with Crippen LogP contribution in [0, 0.1) is 0 Å². The van der Waals surface area contributed by atoms with Crippen LogP contribution in [0.1, 0.15) is 12.5 Å². The van der Waals surface area contributed by atoms with Crippen molar-refractivity contribution in [2.75, 3.05) is 26.6 Å². The summed E-state index contributed by atoms with van der Waals surface area (Å²) in [7, 11) is 5.23. The van der Waals surface area contributed by atoms with Crippen molar-refractivity contribution >= 4 is 23.2 Å². The van der Waals surface area contributed by atoms with E-state index in [0.29, 0.717) is 11.6 Å². The minimum Gasteiger partial charge on any atom is -0.497 e. The van der Waals surface area contributed by atoms with Crippen LogP contribution in [0.25, 0.3) is 0 Å². The molecule has 0 aromatic heterocycles. The second-order valence-corrected chi connectivity index (χ2v) is 6.36. The van der Waals surface area contributed by atoms with Gasteiger partial charge in [0.05, 0.1) is 21.3 Å². The molecule has 0 bridgehead atoms. The molecule has 0 fully saturated rings. The molecule has 2 aromatic rings. The van der Waals surface area contributed by atoms with Gasteiger partial charge in [0.1, 0.15) is 18.0 Å². The first-order chi connectivity index (χ1) is 11.9. The molecule has 0 aliphatic heterocycles. The number of hydrogen-bond acceptors (Lipinski definition) is 3. The number of rotatable bonds is 7. The van der Waals surface area contributed by atoms with E-state index in [9.17, 15) is 4.79 Å². The molecule has 5 nitrogen and oxygen atoms in total. The van der Waals surface area contributed by atoms with E-state index in [-0.39, 0.29) is 11.9 Å². The van der Waals surface area contributed by atoms with Gasteiger partial charge in [0.15, 0.2) is 6.04 Å². The van der Waals surface area contributed by atoms with Gasteiger partial charge in [-0.25, -0.2) is 0 Å². The number of likely N-dealkylation sites (N-methyl/N-ethyl adjacent to an activating group) is 1. The number of ether oxygens (including phenoxy) is 2. The summed E-state index contributed by atoms with van der Waals surface area (Å²) in [6.07, 6.45) is 0. The van der Waals surface area contributed by atoms with Gasteiger partial charge in [-0.15, -0.1) is 0 Å². The summed E-state index contributed by atoms with van der Waals surface area (Å²) in [6, 6.07) is 12.5. The minimum absolute atomic E-state index is 0.0488. The molecule has 0 radical (unpaired) electrons. The Morgan fingerprint density at radius 2 is 1.84 bits per heavy atom.